The molecular formula is C14H18N2O3. The van der Waals surface area contributed by atoms with Crippen LogP contribution < -0.4 is 5.32 Å². The van der Waals surface area contributed by atoms with Crippen LogP contribution in [0.3, 0.4) is 0 Å². The van der Waals surface area contributed by atoms with Crippen LogP contribution in [0.15, 0.2) is 18.2 Å². The van der Waals surface area contributed by atoms with Crippen molar-refractivity contribution in [2.24, 2.45) is 5.92 Å². The van der Waals surface area contributed by atoms with E-state index < -0.39 is 5.97 Å². The van der Waals surface area contributed by atoms with E-state index in [-0.39, 0.29) is 23.3 Å². The molecule has 0 aliphatic heterocycles. The maximum Gasteiger partial charge on any atom is 0.354 e. The summed E-state index contributed by atoms with van der Waals surface area (Å²) in [6, 6.07) is 4.54. The minimum Gasteiger partial charge on any atom is -0.477 e. The molecule has 19 heavy (non-hydrogen) atoms. The van der Waals surface area contributed by atoms with Crippen LogP contribution in [0.5, 0.6) is 0 Å². The molecule has 1 atom stereocenters. The molecule has 5 nitrogen and oxygen atoms in total. The van der Waals surface area contributed by atoms with Gasteiger partial charge >= 0.3 is 5.97 Å². The molecular weight excluding hydrogens is 244 g/mol. The Balaban J connectivity index is 2.02. The molecule has 1 saturated carbocycles. The van der Waals surface area contributed by atoms with Crippen molar-refractivity contribution in [3.63, 3.8) is 0 Å². The Hall–Kier alpha value is -1.91. The lowest BCUT2D eigenvalue weighted by Crippen LogP contribution is -2.37. The SMILES string of the molecule is CC(NC(=O)c1cccc(C(=O)O)n1)C1CCCC1. The molecule has 1 aromatic heterocycles. The van der Waals surface area contributed by atoms with Gasteiger partial charge in [0, 0.05) is 6.04 Å². The number of carbonyl (C=O) groups excluding carboxylic acids is 1. The zero-order valence-corrected chi connectivity index (χ0v) is 10.9. The fourth-order valence-electron chi connectivity index (χ4n) is 2.54. The minimum atomic E-state index is -1.13. The van der Waals surface area contributed by atoms with Gasteiger partial charge in [-0.1, -0.05) is 18.9 Å². The molecule has 1 unspecified atom stereocenters. The number of nitrogens with one attached hydrogen (secondary N) is 1. The summed E-state index contributed by atoms with van der Waals surface area (Å²) in [6.07, 6.45) is 4.73. The first-order valence-corrected chi connectivity index (χ1v) is 6.59. The number of pyridine rings is 1. The number of nitrogens with zero attached hydrogens (tertiary/aromatic N) is 1. The van der Waals surface area contributed by atoms with Gasteiger partial charge in [-0.3, -0.25) is 4.79 Å². The van der Waals surface area contributed by atoms with Crippen molar-refractivity contribution in [3.05, 3.63) is 29.6 Å². The third-order valence-corrected chi connectivity index (χ3v) is 3.67. The van der Waals surface area contributed by atoms with Gasteiger partial charge in [0.1, 0.15) is 11.4 Å². The van der Waals surface area contributed by atoms with Crippen LogP contribution >= 0.6 is 0 Å². The number of carboxylic acids is 1. The highest BCUT2D eigenvalue weighted by Crippen LogP contribution is 2.27. The van der Waals surface area contributed by atoms with E-state index in [0.717, 1.165) is 12.8 Å². The molecule has 1 heterocycles. The van der Waals surface area contributed by atoms with Crippen LogP contribution in [-0.4, -0.2) is 28.0 Å². The zero-order chi connectivity index (χ0) is 13.8. The molecule has 2 N–H and O–H groups in total. The molecule has 0 spiro atoms. The third-order valence-electron chi connectivity index (χ3n) is 3.67. The first-order valence-electron chi connectivity index (χ1n) is 6.59. The van der Waals surface area contributed by atoms with E-state index in [1.807, 2.05) is 6.92 Å². The van der Waals surface area contributed by atoms with E-state index in [2.05, 4.69) is 10.3 Å². The van der Waals surface area contributed by atoms with Crippen molar-refractivity contribution >= 4 is 11.9 Å². The predicted octanol–water partition coefficient (Wildman–Crippen LogP) is 2.09. The molecule has 1 aliphatic rings. The number of hydrogen-bond acceptors (Lipinski definition) is 3. The second-order valence-corrected chi connectivity index (χ2v) is 5.02. The van der Waals surface area contributed by atoms with Crippen LogP contribution in [0.25, 0.3) is 0 Å². The highest BCUT2D eigenvalue weighted by Gasteiger charge is 2.23. The molecule has 1 aromatic rings. The summed E-state index contributed by atoms with van der Waals surface area (Å²) in [7, 11) is 0. The van der Waals surface area contributed by atoms with E-state index in [1.54, 1.807) is 0 Å². The Morgan fingerprint density at radius 3 is 2.58 bits per heavy atom. The van der Waals surface area contributed by atoms with Crippen molar-refractivity contribution in [2.45, 2.75) is 38.6 Å². The Bertz CT molecular complexity index is 481. The molecule has 0 saturated heterocycles. The van der Waals surface area contributed by atoms with Crippen LogP contribution in [0.4, 0.5) is 0 Å². The largest absolute Gasteiger partial charge is 0.477 e. The third kappa shape index (κ3) is 3.30. The van der Waals surface area contributed by atoms with E-state index >= 15 is 0 Å². The molecule has 1 amide bonds. The summed E-state index contributed by atoms with van der Waals surface area (Å²) in [5, 5.41) is 11.8. The zero-order valence-electron chi connectivity index (χ0n) is 10.9. The van der Waals surface area contributed by atoms with Gasteiger partial charge in [0.25, 0.3) is 5.91 Å². The Kier molecular flexibility index (Phi) is 4.14. The van der Waals surface area contributed by atoms with Crippen LogP contribution in [0, 0.1) is 5.92 Å². The summed E-state index contributed by atoms with van der Waals surface area (Å²) < 4.78 is 0. The van der Waals surface area contributed by atoms with E-state index in [1.165, 1.54) is 31.0 Å². The summed E-state index contributed by atoms with van der Waals surface area (Å²) in [5.41, 5.74) is 0.0471. The monoisotopic (exact) mass is 262 g/mol. The van der Waals surface area contributed by atoms with E-state index in [9.17, 15) is 9.59 Å². The van der Waals surface area contributed by atoms with Gasteiger partial charge in [-0.2, -0.15) is 0 Å². The van der Waals surface area contributed by atoms with Gasteiger partial charge in [0.15, 0.2) is 0 Å². The second-order valence-electron chi connectivity index (χ2n) is 5.02. The fraction of sp³-hybridized carbons (Fsp3) is 0.500. The lowest BCUT2D eigenvalue weighted by Gasteiger charge is -2.20. The molecule has 1 fully saturated rings. The number of aromatic carboxylic acids is 1. The summed E-state index contributed by atoms with van der Waals surface area (Å²) >= 11 is 0. The van der Waals surface area contributed by atoms with Gasteiger partial charge in [-0.25, -0.2) is 9.78 Å². The van der Waals surface area contributed by atoms with Crippen molar-refractivity contribution in [1.29, 1.82) is 0 Å². The molecule has 2 rings (SSSR count). The average molecular weight is 262 g/mol. The minimum absolute atomic E-state index is 0.102. The lowest BCUT2D eigenvalue weighted by molar-refractivity contribution is 0.0690. The van der Waals surface area contributed by atoms with Gasteiger partial charge < -0.3 is 10.4 Å². The first kappa shape index (κ1) is 13.5. The standard InChI is InChI=1S/C14H18N2O3/c1-9(10-5-2-3-6-10)15-13(17)11-7-4-8-12(16-11)14(18)19/h4,7-10H,2-3,5-6H2,1H3,(H,15,17)(H,18,19). The number of amides is 1. The maximum atomic E-state index is 12.0. The van der Waals surface area contributed by atoms with Crippen molar-refractivity contribution in [2.75, 3.05) is 0 Å². The molecule has 1 aliphatic carbocycles. The Morgan fingerprint density at radius 2 is 1.95 bits per heavy atom. The maximum absolute atomic E-state index is 12.0. The summed E-state index contributed by atoms with van der Waals surface area (Å²) in [4.78, 5) is 26.7. The number of rotatable bonds is 4. The quantitative estimate of drug-likeness (QED) is 0.870. The first-order chi connectivity index (χ1) is 9.08. The molecule has 102 valence electrons. The molecule has 0 bridgehead atoms. The van der Waals surface area contributed by atoms with Crippen LogP contribution in [0.1, 0.15) is 53.6 Å². The Morgan fingerprint density at radius 1 is 1.32 bits per heavy atom. The van der Waals surface area contributed by atoms with Crippen molar-refractivity contribution in [1.82, 2.24) is 10.3 Å². The van der Waals surface area contributed by atoms with Gasteiger partial charge in [-0.15, -0.1) is 0 Å². The second kappa shape index (κ2) is 5.82. The summed E-state index contributed by atoms with van der Waals surface area (Å²) in [5.74, 6) is -0.910. The Labute approximate surface area is 112 Å². The van der Waals surface area contributed by atoms with Gasteiger partial charge in [0.2, 0.25) is 0 Å². The molecule has 5 heteroatoms. The highest BCUT2D eigenvalue weighted by molar-refractivity contribution is 5.94. The number of hydrogen-bond donors (Lipinski definition) is 2. The van der Waals surface area contributed by atoms with E-state index in [4.69, 9.17) is 5.11 Å². The van der Waals surface area contributed by atoms with Crippen LogP contribution in [-0.2, 0) is 0 Å². The highest BCUT2D eigenvalue weighted by atomic mass is 16.4. The summed E-state index contributed by atoms with van der Waals surface area (Å²) in [6.45, 7) is 1.99. The topological polar surface area (TPSA) is 79.3 Å². The number of aromatic nitrogens is 1. The molecule has 0 aromatic carbocycles. The number of carbonyl (C=O) groups is 2. The lowest BCUT2D eigenvalue weighted by atomic mass is 10.00. The van der Waals surface area contributed by atoms with E-state index in [0.29, 0.717) is 5.92 Å². The predicted molar refractivity (Wildman–Crippen MR) is 70.1 cm³/mol. The number of carboxylic acid groups (broad SMARTS) is 1. The van der Waals surface area contributed by atoms with Gasteiger partial charge in [-0.05, 0) is 37.8 Å². The molecule has 0 radical (unpaired) electrons. The normalized spacial score (nSPS) is 17.1. The van der Waals surface area contributed by atoms with Crippen molar-refractivity contribution in [3.8, 4) is 0 Å². The van der Waals surface area contributed by atoms with Gasteiger partial charge in [0.05, 0.1) is 0 Å². The average Bonchev–Trinajstić information content (AvgIpc) is 2.92. The fourth-order valence-corrected chi connectivity index (χ4v) is 2.54. The van der Waals surface area contributed by atoms with Crippen molar-refractivity contribution < 1.29 is 14.7 Å². The smallest absolute Gasteiger partial charge is 0.354 e. The van der Waals surface area contributed by atoms with Crippen LogP contribution in [0.2, 0.25) is 0 Å².